The van der Waals surface area contributed by atoms with Crippen LogP contribution in [-0.4, -0.2) is 28.4 Å². The van der Waals surface area contributed by atoms with Gasteiger partial charge >= 0.3 is 0 Å². The molecule has 8 heteroatoms. The van der Waals surface area contributed by atoms with E-state index < -0.39 is 0 Å². The number of aromatic nitrogens is 2. The zero-order chi connectivity index (χ0) is 22.7. The summed E-state index contributed by atoms with van der Waals surface area (Å²) in [6.07, 6.45) is 0. The van der Waals surface area contributed by atoms with Crippen molar-refractivity contribution in [1.82, 2.24) is 15.3 Å². The summed E-state index contributed by atoms with van der Waals surface area (Å²) in [5.41, 5.74) is 4.79. The molecule has 0 bridgehead atoms. The van der Waals surface area contributed by atoms with E-state index in [9.17, 15) is 9.59 Å². The van der Waals surface area contributed by atoms with E-state index in [1.165, 1.54) is 0 Å². The average Bonchev–Trinajstić information content (AvgIpc) is 2.76. The van der Waals surface area contributed by atoms with Crippen LogP contribution in [0.5, 0.6) is 5.75 Å². The van der Waals surface area contributed by atoms with Crippen LogP contribution in [0.1, 0.15) is 45.8 Å². The van der Waals surface area contributed by atoms with Gasteiger partial charge in [0.25, 0.3) is 11.8 Å². The minimum Gasteiger partial charge on any atom is -0.482 e. The molecule has 0 fully saturated rings. The third-order valence-electron chi connectivity index (χ3n) is 5.11. The van der Waals surface area contributed by atoms with E-state index in [1.54, 1.807) is 12.1 Å². The molecule has 0 saturated carbocycles. The van der Waals surface area contributed by atoms with Crippen LogP contribution >= 0.6 is 0 Å². The number of aryl methyl sites for hydroxylation is 2. The molecule has 164 valence electrons. The Balaban J connectivity index is 1.41. The quantitative estimate of drug-likeness (QED) is 0.552. The summed E-state index contributed by atoms with van der Waals surface area (Å²) in [6, 6.07) is 14.6. The van der Waals surface area contributed by atoms with Crippen LogP contribution in [0.25, 0.3) is 0 Å². The molecule has 0 spiro atoms. The van der Waals surface area contributed by atoms with Gasteiger partial charge in [-0.3, -0.25) is 9.59 Å². The van der Waals surface area contributed by atoms with Crippen LogP contribution < -0.4 is 20.7 Å². The van der Waals surface area contributed by atoms with Crippen molar-refractivity contribution in [3.63, 3.8) is 0 Å². The van der Waals surface area contributed by atoms with Crippen molar-refractivity contribution in [3.8, 4) is 5.75 Å². The van der Waals surface area contributed by atoms with Gasteiger partial charge in [-0.2, -0.15) is 0 Å². The zero-order valence-electron chi connectivity index (χ0n) is 18.2. The number of fused-ring (bicyclic) bond motifs is 1. The first kappa shape index (κ1) is 21.3. The van der Waals surface area contributed by atoms with E-state index in [-0.39, 0.29) is 24.5 Å². The van der Waals surface area contributed by atoms with E-state index in [1.807, 2.05) is 57.2 Å². The third-order valence-corrected chi connectivity index (χ3v) is 5.11. The maximum absolute atomic E-state index is 12.8. The molecular formula is C24H25N5O3. The lowest BCUT2D eigenvalue weighted by Crippen LogP contribution is -2.28. The maximum atomic E-state index is 12.8. The van der Waals surface area contributed by atoms with E-state index in [4.69, 9.17) is 4.74 Å². The molecule has 8 nitrogen and oxygen atoms in total. The average molecular weight is 431 g/mol. The van der Waals surface area contributed by atoms with Crippen LogP contribution in [0.4, 0.5) is 11.6 Å². The van der Waals surface area contributed by atoms with Crippen molar-refractivity contribution < 1.29 is 14.3 Å². The van der Waals surface area contributed by atoms with E-state index in [0.29, 0.717) is 29.5 Å². The Hall–Kier alpha value is -3.94. The molecule has 2 amide bonds. The molecule has 0 unspecified atom stereocenters. The molecule has 0 saturated heterocycles. The molecule has 3 aromatic rings. The number of anilines is 2. The van der Waals surface area contributed by atoms with Crippen molar-refractivity contribution in [3.05, 3.63) is 76.6 Å². The number of amides is 2. The zero-order valence-corrected chi connectivity index (χ0v) is 18.2. The van der Waals surface area contributed by atoms with Crippen molar-refractivity contribution >= 4 is 23.5 Å². The topological polar surface area (TPSA) is 105 Å². The fourth-order valence-electron chi connectivity index (χ4n) is 3.54. The van der Waals surface area contributed by atoms with Gasteiger partial charge < -0.3 is 20.7 Å². The van der Waals surface area contributed by atoms with Crippen LogP contribution in [0, 0.1) is 13.8 Å². The highest BCUT2D eigenvalue weighted by Gasteiger charge is 2.18. The van der Waals surface area contributed by atoms with Gasteiger partial charge in [0, 0.05) is 23.5 Å². The summed E-state index contributed by atoms with van der Waals surface area (Å²) in [6.45, 7) is 6.27. The number of hydrogen-bond donors (Lipinski definition) is 3. The van der Waals surface area contributed by atoms with Gasteiger partial charge in [0.05, 0.1) is 11.7 Å². The lowest BCUT2D eigenvalue weighted by molar-refractivity contribution is -0.118. The molecule has 1 aliphatic heterocycles. The maximum Gasteiger partial charge on any atom is 0.262 e. The summed E-state index contributed by atoms with van der Waals surface area (Å²) >= 11 is 0. The lowest BCUT2D eigenvalue weighted by Gasteiger charge is -2.21. The first-order valence-corrected chi connectivity index (χ1v) is 10.4. The van der Waals surface area contributed by atoms with Crippen molar-refractivity contribution in [1.29, 1.82) is 0 Å². The number of nitrogens with zero attached hydrogens (tertiary/aromatic N) is 2. The second-order valence-corrected chi connectivity index (χ2v) is 7.82. The van der Waals surface area contributed by atoms with E-state index in [0.717, 1.165) is 22.5 Å². The number of carbonyl (C=O) groups excluding carboxylic acids is 2. The Morgan fingerprint density at radius 3 is 2.69 bits per heavy atom. The molecule has 2 heterocycles. The van der Waals surface area contributed by atoms with Crippen molar-refractivity contribution in [2.45, 2.75) is 33.4 Å². The van der Waals surface area contributed by atoms with E-state index in [2.05, 4.69) is 25.9 Å². The molecule has 1 atom stereocenters. The highest BCUT2D eigenvalue weighted by Crippen LogP contribution is 2.30. The number of carbonyl (C=O) groups is 2. The fraction of sp³-hybridized carbons (Fsp3) is 0.250. The summed E-state index contributed by atoms with van der Waals surface area (Å²) in [4.78, 5) is 33.2. The predicted octanol–water partition coefficient (Wildman–Crippen LogP) is 3.53. The molecule has 0 aliphatic carbocycles. The van der Waals surface area contributed by atoms with Gasteiger partial charge in [-0.1, -0.05) is 18.2 Å². The van der Waals surface area contributed by atoms with Gasteiger partial charge in [-0.05, 0) is 62.2 Å². The number of hydrogen-bond acceptors (Lipinski definition) is 6. The van der Waals surface area contributed by atoms with E-state index >= 15 is 0 Å². The monoisotopic (exact) mass is 431 g/mol. The van der Waals surface area contributed by atoms with Gasteiger partial charge in [0.15, 0.2) is 6.61 Å². The molecule has 3 N–H and O–H groups in total. The largest absolute Gasteiger partial charge is 0.482 e. The van der Waals surface area contributed by atoms with Crippen LogP contribution in [0.3, 0.4) is 0 Å². The Bertz CT molecular complexity index is 1160. The van der Waals surface area contributed by atoms with Gasteiger partial charge in [0.2, 0.25) is 5.95 Å². The minimum absolute atomic E-state index is 0.0133. The number of ether oxygens (including phenoxy) is 1. The summed E-state index contributed by atoms with van der Waals surface area (Å²) in [5, 5.41) is 9.00. The Labute approximate surface area is 186 Å². The highest BCUT2D eigenvalue weighted by atomic mass is 16.5. The first-order chi connectivity index (χ1) is 15.4. The summed E-state index contributed by atoms with van der Waals surface area (Å²) in [7, 11) is 0. The molecular weight excluding hydrogens is 406 g/mol. The standard InChI is InChI=1S/C24H25N5O3/c1-14-9-15(2)27-24(26-14)25-12-17-5-4-6-19(10-17)23(31)28-16(3)18-7-8-21-20(11-18)29-22(30)13-32-21/h4-11,16H,12-13H2,1-3H3,(H,28,31)(H,29,30)(H,25,26,27)/t16-/m0/s1. The minimum atomic E-state index is -0.253. The Morgan fingerprint density at radius 1 is 1.12 bits per heavy atom. The van der Waals surface area contributed by atoms with Crippen molar-refractivity contribution in [2.24, 2.45) is 0 Å². The van der Waals surface area contributed by atoms with Gasteiger partial charge in [-0.15, -0.1) is 0 Å². The molecule has 0 radical (unpaired) electrons. The fourth-order valence-corrected chi connectivity index (χ4v) is 3.54. The van der Waals surface area contributed by atoms with Crippen LogP contribution in [0.15, 0.2) is 48.5 Å². The van der Waals surface area contributed by atoms with Crippen molar-refractivity contribution in [2.75, 3.05) is 17.2 Å². The Morgan fingerprint density at radius 2 is 1.91 bits per heavy atom. The number of nitrogens with one attached hydrogen (secondary N) is 3. The van der Waals surface area contributed by atoms with Crippen LogP contribution in [0.2, 0.25) is 0 Å². The number of rotatable bonds is 6. The van der Waals surface area contributed by atoms with Gasteiger partial charge in [0.1, 0.15) is 5.75 Å². The lowest BCUT2D eigenvalue weighted by atomic mass is 10.1. The third kappa shape index (κ3) is 5.03. The second-order valence-electron chi connectivity index (χ2n) is 7.82. The highest BCUT2D eigenvalue weighted by molar-refractivity contribution is 5.96. The molecule has 2 aromatic carbocycles. The normalized spacial score (nSPS) is 13.4. The smallest absolute Gasteiger partial charge is 0.262 e. The summed E-state index contributed by atoms with van der Waals surface area (Å²) in [5.74, 6) is 0.817. The molecule has 1 aromatic heterocycles. The second kappa shape index (κ2) is 9.05. The van der Waals surface area contributed by atoms with Gasteiger partial charge in [-0.25, -0.2) is 9.97 Å². The SMILES string of the molecule is Cc1cc(C)nc(NCc2cccc(C(=O)N[C@@H](C)c3ccc4c(c3)NC(=O)CO4)c2)n1. The predicted molar refractivity (Wildman–Crippen MR) is 122 cm³/mol. The summed E-state index contributed by atoms with van der Waals surface area (Å²) < 4.78 is 5.39. The number of benzene rings is 2. The molecule has 32 heavy (non-hydrogen) atoms. The first-order valence-electron chi connectivity index (χ1n) is 10.4. The Kier molecular flexibility index (Phi) is 6.02. The molecule has 4 rings (SSSR count). The molecule has 1 aliphatic rings. The van der Waals surface area contributed by atoms with Crippen LogP contribution in [-0.2, 0) is 11.3 Å².